The van der Waals surface area contributed by atoms with Gasteiger partial charge in [0.05, 0.1) is 4.90 Å². The van der Waals surface area contributed by atoms with Crippen molar-refractivity contribution in [2.45, 2.75) is 60.4 Å². The zero-order valence-corrected chi connectivity index (χ0v) is 23.9. The van der Waals surface area contributed by atoms with Gasteiger partial charge in [0.1, 0.15) is 17.8 Å². The summed E-state index contributed by atoms with van der Waals surface area (Å²) in [7, 11) is -4.18. The summed E-state index contributed by atoms with van der Waals surface area (Å²) in [6.07, 6.45) is 1.53. The van der Waals surface area contributed by atoms with E-state index in [1.54, 1.807) is 39.8 Å². The molecule has 1 fully saturated rings. The topological polar surface area (TPSA) is 135 Å². The number of rotatable bonds is 6. The van der Waals surface area contributed by atoms with Crippen molar-refractivity contribution in [3.63, 3.8) is 0 Å². The van der Waals surface area contributed by atoms with Crippen molar-refractivity contribution in [1.82, 2.24) is 9.62 Å². The summed E-state index contributed by atoms with van der Waals surface area (Å²) in [5, 5.41) is 7.59. The predicted octanol–water partition coefficient (Wildman–Crippen LogP) is 5.10. The average molecular weight is 599 g/mol. The van der Waals surface area contributed by atoms with Crippen LogP contribution in [-0.4, -0.2) is 66.1 Å². The number of likely N-dealkylation sites (tertiary alicyclic amines) is 1. The van der Waals surface area contributed by atoms with Crippen LogP contribution in [-0.2, 0) is 24.2 Å². The molecule has 1 aliphatic rings. The standard InChI is InChI=1S/C23H30Cl3N3O7S/c1-16-6-8-17(9-7-16)37(32,33)28-19(30)35-22(10-5-15-34-18(27)23(24,25)26)11-13-29(14-12-22)20(31)36-21(2,3)4/h5-10,27H,11-15H2,1-4H3,(H,28,30)/b10-5+,27-18?. The Balaban J connectivity index is 2.15. The van der Waals surface area contributed by atoms with Crippen LogP contribution in [0.4, 0.5) is 9.59 Å². The largest absolute Gasteiger partial charge is 0.474 e. The summed E-state index contributed by atoms with van der Waals surface area (Å²) < 4.78 is 41.2. The van der Waals surface area contributed by atoms with E-state index >= 15 is 0 Å². The molecule has 1 saturated heterocycles. The molecule has 1 aliphatic heterocycles. The van der Waals surface area contributed by atoms with Crippen LogP contribution < -0.4 is 4.72 Å². The van der Waals surface area contributed by atoms with Gasteiger partial charge >= 0.3 is 12.2 Å². The first-order valence-electron chi connectivity index (χ1n) is 11.2. The molecule has 0 atom stereocenters. The Morgan fingerprint density at radius 2 is 1.70 bits per heavy atom. The molecule has 0 aromatic heterocycles. The highest BCUT2D eigenvalue weighted by molar-refractivity contribution is 7.90. The lowest BCUT2D eigenvalue weighted by Gasteiger charge is -2.39. The van der Waals surface area contributed by atoms with E-state index in [1.165, 1.54) is 29.2 Å². The average Bonchev–Trinajstić information content (AvgIpc) is 2.75. The highest BCUT2D eigenvalue weighted by Gasteiger charge is 2.39. The van der Waals surface area contributed by atoms with Gasteiger partial charge in [-0.3, -0.25) is 5.41 Å². The Bertz CT molecular complexity index is 1120. The van der Waals surface area contributed by atoms with E-state index in [1.807, 2.05) is 4.72 Å². The van der Waals surface area contributed by atoms with Gasteiger partial charge in [0, 0.05) is 25.9 Å². The lowest BCUT2D eigenvalue weighted by molar-refractivity contribution is -0.0159. The number of halogens is 3. The molecule has 37 heavy (non-hydrogen) atoms. The zero-order chi connectivity index (χ0) is 28.1. The molecule has 0 radical (unpaired) electrons. The third-order valence-corrected chi connectivity index (χ3v) is 6.95. The number of nitrogens with zero attached hydrogens (tertiary/aromatic N) is 1. The number of piperidine rings is 1. The Morgan fingerprint density at radius 1 is 1.14 bits per heavy atom. The molecule has 10 nitrogen and oxygen atoms in total. The van der Waals surface area contributed by atoms with E-state index < -0.39 is 43.1 Å². The number of hydrogen-bond acceptors (Lipinski definition) is 8. The predicted molar refractivity (Wildman–Crippen MR) is 141 cm³/mol. The molecular weight excluding hydrogens is 569 g/mol. The van der Waals surface area contributed by atoms with Crippen LogP contribution in [0.15, 0.2) is 41.3 Å². The van der Waals surface area contributed by atoms with Crippen LogP contribution in [0.25, 0.3) is 0 Å². The number of amides is 2. The Kier molecular flexibility index (Phi) is 10.1. The van der Waals surface area contributed by atoms with Crippen LogP contribution in [0.5, 0.6) is 0 Å². The minimum Gasteiger partial charge on any atom is -0.474 e. The van der Waals surface area contributed by atoms with Crippen LogP contribution >= 0.6 is 34.8 Å². The van der Waals surface area contributed by atoms with E-state index in [2.05, 4.69) is 0 Å². The van der Waals surface area contributed by atoms with Gasteiger partial charge in [0.15, 0.2) is 0 Å². The maximum atomic E-state index is 12.7. The number of sulfonamides is 1. The number of nitrogens with one attached hydrogen (secondary N) is 2. The van der Waals surface area contributed by atoms with Crippen molar-refractivity contribution in [1.29, 1.82) is 5.41 Å². The van der Waals surface area contributed by atoms with Gasteiger partial charge in [-0.05, 0) is 52.0 Å². The first-order valence-corrected chi connectivity index (χ1v) is 13.8. The molecule has 2 N–H and O–H groups in total. The summed E-state index contributed by atoms with van der Waals surface area (Å²) >= 11 is 16.8. The first-order chi connectivity index (χ1) is 16.9. The fourth-order valence-electron chi connectivity index (χ4n) is 3.26. The van der Waals surface area contributed by atoms with E-state index in [4.69, 9.17) is 54.4 Å². The third-order valence-electron chi connectivity index (χ3n) is 5.11. The van der Waals surface area contributed by atoms with Crippen molar-refractivity contribution in [2.75, 3.05) is 19.7 Å². The van der Waals surface area contributed by atoms with Crippen molar-refractivity contribution < 1.29 is 32.2 Å². The van der Waals surface area contributed by atoms with Gasteiger partial charge < -0.3 is 19.1 Å². The Hall–Kier alpha value is -2.21. The maximum Gasteiger partial charge on any atom is 0.422 e. The summed E-state index contributed by atoms with van der Waals surface area (Å²) in [6, 6.07) is 5.95. The first kappa shape index (κ1) is 31.0. The summed E-state index contributed by atoms with van der Waals surface area (Å²) in [5.41, 5.74) is -1.11. The molecule has 1 heterocycles. The maximum absolute atomic E-state index is 12.7. The van der Waals surface area contributed by atoms with Crippen molar-refractivity contribution in [3.05, 3.63) is 42.0 Å². The fraction of sp³-hybridized carbons (Fsp3) is 0.522. The fourth-order valence-corrected chi connectivity index (χ4v) is 4.30. The van der Waals surface area contributed by atoms with Crippen LogP contribution in [0.2, 0.25) is 0 Å². The second-order valence-corrected chi connectivity index (χ2v) is 13.3. The van der Waals surface area contributed by atoms with Crippen molar-refractivity contribution >= 4 is 62.9 Å². The number of carbonyl (C=O) groups excluding carboxylic acids is 2. The molecule has 1 aromatic rings. The number of aryl methyl sites for hydroxylation is 1. The lowest BCUT2D eigenvalue weighted by Crippen LogP contribution is -2.50. The van der Waals surface area contributed by atoms with Gasteiger partial charge in [0.25, 0.3) is 13.8 Å². The second kappa shape index (κ2) is 12.1. The molecule has 0 saturated carbocycles. The van der Waals surface area contributed by atoms with Gasteiger partial charge in [-0.25, -0.2) is 22.7 Å². The minimum absolute atomic E-state index is 0.0991. The molecule has 206 valence electrons. The van der Waals surface area contributed by atoms with Gasteiger partial charge in [-0.15, -0.1) is 0 Å². The van der Waals surface area contributed by atoms with Crippen LogP contribution in [0, 0.1) is 12.3 Å². The number of carbonyl (C=O) groups is 2. The number of hydrogen-bond donors (Lipinski definition) is 2. The number of alkyl halides is 3. The third kappa shape index (κ3) is 9.88. The van der Waals surface area contributed by atoms with Crippen molar-refractivity contribution in [3.8, 4) is 0 Å². The second-order valence-electron chi connectivity index (χ2n) is 9.38. The quantitative estimate of drug-likeness (QED) is 0.201. The van der Waals surface area contributed by atoms with Gasteiger partial charge in [-0.2, -0.15) is 0 Å². The molecule has 0 spiro atoms. The van der Waals surface area contributed by atoms with E-state index in [9.17, 15) is 18.0 Å². The van der Waals surface area contributed by atoms with Crippen LogP contribution in [0.3, 0.4) is 0 Å². The molecule has 0 bridgehead atoms. The number of ether oxygens (including phenoxy) is 3. The SMILES string of the molecule is Cc1ccc(S(=O)(=O)NC(=O)OC2(/C=C/COC(=N)C(Cl)(Cl)Cl)CCN(C(=O)OC(C)(C)C)CC2)cc1. The van der Waals surface area contributed by atoms with Gasteiger partial charge in [-0.1, -0.05) is 52.5 Å². The highest BCUT2D eigenvalue weighted by Crippen LogP contribution is 2.30. The lowest BCUT2D eigenvalue weighted by atomic mass is 9.90. The van der Waals surface area contributed by atoms with Gasteiger partial charge in [0.2, 0.25) is 5.90 Å². The van der Waals surface area contributed by atoms with Crippen LogP contribution in [0.1, 0.15) is 39.2 Å². The molecule has 1 aromatic carbocycles. The summed E-state index contributed by atoms with van der Waals surface area (Å²) in [4.78, 5) is 26.5. The van der Waals surface area contributed by atoms with Crippen molar-refractivity contribution in [2.24, 2.45) is 0 Å². The zero-order valence-electron chi connectivity index (χ0n) is 20.8. The van der Waals surface area contributed by atoms with E-state index in [0.29, 0.717) is 0 Å². The Morgan fingerprint density at radius 3 is 2.22 bits per heavy atom. The Labute approximate surface area is 231 Å². The van der Waals surface area contributed by atoms with E-state index in [-0.39, 0.29) is 37.4 Å². The summed E-state index contributed by atoms with van der Waals surface area (Å²) in [5.74, 6) is -0.598. The smallest absolute Gasteiger partial charge is 0.422 e. The molecular formula is C23H30Cl3N3O7S. The summed E-state index contributed by atoms with van der Waals surface area (Å²) in [6.45, 7) is 7.20. The molecule has 2 rings (SSSR count). The number of benzene rings is 1. The molecule has 14 heteroatoms. The highest BCUT2D eigenvalue weighted by atomic mass is 35.6. The normalized spacial score (nSPS) is 16.2. The molecule has 0 unspecified atom stereocenters. The minimum atomic E-state index is -4.18. The molecule has 0 aliphatic carbocycles. The monoisotopic (exact) mass is 597 g/mol. The molecule has 2 amide bonds. The van der Waals surface area contributed by atoms with E-state index in [0.717, 1.165) is 5.56 Å².